The van der Waals surface area contributed by atoms with Crippen molar-refractivity contribution in [3.05, 3.63) is 11.1 Å². The minimum atomic E-state index is -0.889. The SMILES string of the molecule is Cc1cnc(NC(=O)C2(N)CCOC2)s1. The number of carbonyl (C=O) groups excluding carboxylic acids is 1. The van der Waals surface area contributed by atoms with E-state index in [4.69, 9.17) is 10.5 Å². The molecule has 0 saturated carbocycles. The van der Waals surface area contributed by atoms with Gasteiger partial charge in [-0.3, -0.25) is 4.79 Å². The average molecular weight is 227 g/mol. The maximum absolute atomic E-state index is 11.8. The molecule has 1 aromatic heterocycles. The molecule has 82 valence electrons. The number of hydrogen-bond acceptors (Lipinski definition) is 5. The first-order valence-corrected chi connectivity index (χ1v) is 5.52. The topological polar surface area (TPSA) is 77.2 Å². The van der Waals surface area contributed by atoms with Crippen LogP contribution in [0.25, 0.3) is 0 Å². The lowest BCUT2D eigenvalue weighted by Gasteiger charge is -2.19. The first-order chi connectivity index (χ1) is 7.10. The van der Waals surface area contributed by atoms with Gasteiger partial charge in [0.1, 0.15) is 5.54 Å². The molecule has 1 aliphatic heterocycles. The summed E-state index contributed by atoms with van der Waals surface area (Å²) in [6.45, 7) is 2.76. The number of ether oxygens (including phenoxy) is 1. The molecule has 5 nitrogen and oxygen atoms in total. The van der Waals surface area contributed by atoms with Crippen molar-refractivity contribution in [3.63, 3.8) is 0 Å². The van der Waals surface area contributed by atoms with Crippen molar-refractivity contribution < 1.29 is 9.53 Å². The molecule has 1 atom stereocenters. The molecule has 1 amide bonds. The molecule has 0 bridgehead atoms. The summed E-state index contributed by atoms with van der Waals surface area (Å²) in [6, 6.07) is 0. The molecule has 2 rings (SSSR count). The number of rotatable bonds is 2. The third-order valence-electron chi connectivity index (χ3n) is 2.35. The molecular formula is C9H13N3O2S. The Balaban J connectivity index is 2.03. The van der Waals surface area contributed by atoms with Crippen molar-refractivity contribution in [1.82, 2.24) is 4.98 Å². The van der Waals surface area contributed by atoms with Gasteiger partial charge < -0.3 is 15.8 Å². The zero-order valence-electron chi connectivity index (χ0n) is 8.45. The zero-order chi connectivity index (χ0) is 10.9. The second-order valence-electron chi connectivity index (χ2n) is 3.69. The first-order valence-electron chi connectivity index (χ1n) is 4.71. The molecule has 1 aromatic rings. The Morgan fingerprint density at radius 2 is 2.60 bits per heavy atom. The number of anilines is 1. The summed E-state index contributed by atoms with van der Waals surface area (Å²) in [5.41, 5.74) is 5.01. The molecule has 1 fully saturated rings. The summed E-state index contributed by atoms with van der Waals surface area (Å²) < 4.78 is 5.12. The maximum Gasteiger partial charge on any atom is 0.248 e. The number of carbonyl (C=O) groups is 1. The van der Waals surface area contributed by atoms with Crippen LogP contribution in [0, 0.1) is 6.92 Å². The second kappa shape index (κ2) is 3.88. The number of nitrogens with one attached hydrogen (secondary N) is 1. The van der Waals surface area contributed by atoms with Crippen molar-refractivity contribution in [1.29, 1.82) is 0 Å². The number of nitrogens with zero attached hydrogens (tertiary/aromatic N) is 1. The molecule has 0 spiro atoms. The molecule has 1 unspecified atom stereocenters. The first kappa shape index (κ1) is 10.5. The third-order valence-corrected chi connectivity index (χ3v) is 3.17. The van der Waals surface area contributed by atoms with E-state index < -0.39 is 5.54 Å². The molecule has 6 heteroatoms. The van der Waals surface area contributed by atoms with Crippen LogP contribution in [0.15, 0.2) is 6.20 Å². The summed E-state index contributed by atoms with van der Waals surface area (Å²) in [5, 5.41) is 3.30. The van der Waals surface area contributed by atoms with Crippen LogP contribution in [0.4, 0.5) is 5.13 Å². The number of aryl methyl sites for hydroxylation is 1. The summed E-state index contributed by atoms with van der Waals surface area (Å²) in [6.07, 6.45) is 2.28. The third kappa shape index (κ3) is 2.17. The van der Waals surface area contributed by atoms with Gasteiger partial charge in [-0.1, -0.05) is 0 Å². The van der Waals surface area contributed by atoms with E-state index in [-0.39, 0.29) is 12.5 Å². The lowest BCUT2D eigenvalue weighted by atomic mass is 10.00. The number of amides is 1. The molecule has 0 radical (unpaired) electrons. The fraction of sp³-hybridized carbons (Fsp3) is 0.556. The molecule has 1 aliphatic rings. The summed E-state index contributed by atoms with van der Waals surface area (Å²) in [7, 11) is 0. The number of hydrogen-bond donors (Lipinski definition) is 2. The highest BCUT2D eigenvalue weighted by Crippen LogP contribution is 2.21. The van der Waals surface area contributed by atoms with Gasteiger partial charge in [0.25, 0.3) is 0 Å². The molecule has 1 saturated heterocycles. The van der Waals surface area contributed by atoms with E-state index in [0.29, 0.717) is 18.2 Å². The largest absolute Gasteiger partial charge is 0.379 e. The standard InChI is InChI=1S/C9H13N3O2S/c1-6-4-11-8(15-6)12-7(13)9(10)2-3-14-5-9/h4H,2-3,5,10H2,1H3,(H,11,12,13). The molecule has 3 N–H and O–H groups in total. The van der Waals surface area contributed by atoms with Gasteiger partial charge >= 0.3 is 0 Å². The van der Waals surface area contributed by atoms with Crippen molar-refractivity contribution in [2.45, 2.75) is 18.9 Å². The molecule has 0 aliphatic carbocycles. The quantitative estimate of drug-likeness (QED) is 0.771. The smallest absolute Gasteiger partial charge is 0.248 e. The highest BCUT2D eigenvalue weighted by atomic mass is 32.1. The van der Waals surface area contributed by atoms with E-state index in [2.05, 4.69) is 10.3 Å². The van der Waals surface area contributed by atoms with Crippen LogP contribution in [0.1, 0.15) is 11.3 Å². The normalized spacial score (nSPS) is 25.5. The van der Waals surface area contributed by atoms with E-state index in [9.17, 15) is 4.79 Å². The fourth-order valence-corrected chi connectivity index (χ4v) is 2.05. The number of nitrogens with two attached hydrogens (primary N) is 1. The average Bonchev–Trinajstić information content (AvgIpc) is 2.76. The van der Waals surface area contributed by atoms with Gasteiger partial charge in [0, 0.05) is 17.7 Å². The minimum Gasteiger partial charge on any atom is -0.379 e. The van der Waals surface area contributed by atoms with Crippen molar-refractivity contribution >= 4 is 22.4 Å². The Kier molecular flexibility index (Phi) is 2.72. The van der Waals surface area contributed by atoms with Gasteiger partial charge in [-0.05, 0) is 13.3 Å². The van der Waals surface area contributed by atoms with Gasteiger partial charge in [-0.2, -0.15) is 0 Å². The highest BCUT2D eigenvalue weighted by molar-refractivity contribution is 7.15. The Morgan fingerprint density at radius 3 is 3.13 bits per heavy atom. The summed E-state index contributed by atoms with van der Waals surface area (Å²) in [5.74, 6) is -0.214. The Hall–Kier alpha value is -0.980. The van der Waals surface area contributed by atoms with Crippen LogP contribution in [0.3, 0.4) is 0 Å². The van der Waals surface area contributed by atoms with Gasteiger partial charge in [-0.15, -0.1) is 11.3 Å². The Bertz CT molecular complexity index is 371. The maximum atomic E-state index is 11.8. The zero-order valence-corrected chi connectivity index (χ0v) is 9.26. The van der Waals surface area contributed by atoms with Crippen LogP contribution in [0.2, 0.25) is 0 Å². The lowest BCUT2D eigenvalue weighted by molar-refractivity contribution is -0.121. The molecular weight excluding hydrogens is 214 g/mol. The second-order valence-corrected chi connectivity index (χ2v) is 4.92. The fourth-order valence-electron chi connectivity index (χ4n) is 1.39. The summed E-state index contributed by atoms with van der Waals surface area (Å²) in [4.78, 5) is 16.9. The van der Waals surface area contributed by atoms with Crippen LogP contribution < -0.4 is 11.1 Å². The van der Waals surface area contributed by atoms with Crippen molar-refractivity contribution in [3.8, 4) is 0 Å². The van der Waals surface area contributed by atoms with Gasteiger partial charge in [-0.25, -0.2) is 4.98 Å². The molecule has 0 aromatic carbocycles. The van der Waals surface area contributed by atoms with E-state index in [1.807, 2.05) is 6.92 Å². The van der Waals surface area contributed by atoms with Crippen molar-refractivity contribution in [2.24, 2.45) is 5.73 Å². The molecule has 2 heterocycles. The lowest BCUT2D eigenvalue weighted by Crippen LogP contribution is -2.51. The van der Waals surface area contributed by atoms with Crippen molar-refractivity contribution in [2.75, 3.05) is 18.5 Å². The summed E-state index contributed by atoms with van der Waals surface area (Å²) >= 11 is 1.43. The predicted molar refractivity (Wildman–Crippen MR) is 57.8 cm³/mol. The van der Waals surface area contributed by atoms with Gasteiger partial charge in [0.2, 0.25) is 5.91 Å². The van der Waals surface area contributed by atoms with Crippen LogP contribution in [-0.2, 0) is 9.53 Å². The van der Waals surface area contributed by atoms with E-state index in [0.717, 1.165) is 4.88 Å². The molecule has 15 heavy (non-hydrogen) atoms. The van der Waals surface area contributed by atoms with Gasteiger partial charge in [0.15, 0.2) is 5.13 Å². The number of aromatic nitrogens is 1. The predicted octanol–water partition coefficient (Wildman–Crippen LogP) is 0.508. The number of thiazole rings is 1. The monoisotopic (exact) mass is 227 g/mol. The van der Waals surface area contributed by atoms with E-state index in [1.165, 1.54) is 11.3 Å². The van der Waals surface area contributed by atoms with Crippen LogP contribution in [-0.4, -0.2) is 29.6 Å². The van der Waals surface area contributed by atoms with Crippen LogP contribution >= 0.6 is 11.3 Å². The highest BCUT2D eigenvalue weighted by Gasteiger charge is 2.38. The van der Waals surface area contributed by atoms with Crippen LogP contribution in [0.5, 0.6) is 0 Å². The van der Waals surface area contributed by atoms with E-state index >= 15 is 0 Å². The van der Waals surface area contributed by atoms with Gasteiger partial charge in [0.05, 0.1) is 6.61 Å². The minimum absolute atomic E-state index is 0.214. The Morgan fingerprint density at radius 1 is 1.80 bits per heavy atom. The Labute approximate surface area is 91.6 Å². The van der Waals surface area contributed by atoms with E-state index in [1.54, 1.807) is 6.20 Å².